The van der Waals surface area contributed by atoms with Crippen molar-refractivity contribution in [2.24, 2.45) is 0 Å². The van der Waals surface area contributed by atoms with Gasteiger partial charge in [0.15, 0.2) is 0 Å². The maximum atomic E-state index is 2.52. The Labute approximate surface area is 243 Å². The van der Waals surface area contributed by atoms with Gasteiger partial charge in [-0.05, 0) is 48.9 Å². The van der Waals surface area contributed by atoms with Gasteiger partial charge in [-0.1, -0.05) is 164 Å². The normalized spacial score (nSPS) is 11.6. The molecule has 0 nitrogen and oxygen atoms in total. The molecule has 0 amide bonds. The quantitative estimate of drug-likeness (QED) is 0.0738. The third-order valence-corrected chi connectivity index (χ3v) is 10.4. The molecule has 0 heterocycles. The summed E-state index contributed by atoms with van der Waals surface area (Å²) in [7, 11) is -0.0382. The van der Waals surface area contributed by atoms with Crippen molar-refractivity contribution >= 4 is 31.9 Å². The Morgan fingerprint density at radius 2 is 0.833 bits per heavy atom. The molecule has 0 unspecified atom stereocenters. The zero-order valence-corrected chi connectivity index (χ0v) is 27.1. The van der Waals surface area contributed by atoms with Crippen molar-refractivity contribution in [3.63, 3.8) is 0 Å². The molecular weight excluding hydrogens is 566 g/mol. The van der Waals surface area contributed by atoms with E-state index in [0.29, 0.717) is 5.16 Å². The molecule has 2 rings (SSSR count). The molecule has 2 heteroatoms. The number of halogens is 1. The average Bonchev–Trinajstić information content (AvgIpc) is 2.87. The molecule has 2 aromatic carbocycles. The predicted molar refractivity (Wildman–Crippen MR) is 177 cm³/mol. The molecule has 0 aromatic heterocycles. The molecule has 0 radical (unpaired) electrons. The van der Waals surface area contributed by atoms with Crippen molar-refractivity contribution in [2.45, 2.75) is 128 Å². The van der Waals surface area contributed by atoms with Crippen LogP contribution >= 0.6 is 31.9 Å². The summed E-state index contributed by atoms with van der Waals surface area (Å²) in [5, 5.41) is 0.411. The van der Waals surface area contributed by atoms with Crippen LogP contribution < -0.4 is 0 Å². The maximum absolute atomic E-state index is 2.52. The minimum atomic E-state index is -0.0382. The van der Waals surface area contributed by atoms with E-state index in [0.717, 1.165) is 0 Å². The Hall–Kier alpha value is -0.400. The fraction of sp³-hybridized carbons (Fsp3) is 0.647. The van der Waals surface area contributed by atoms with Gasteiger partial charge in [-0.3, -0.25) is 0 Å². The van der Waals surface area contributed by atoms with Gasteiger partial charge in [-0.2, -0.15) is 0 Å². The second kappa shape index (κ2) is 21.5. The molecule has 0 spiro atoms. The van der Waals surface area contributed by atoms with E-state index in [1.54, 1.807) is 0 Å². The lowest BCUT2D eigenvalue weighted by Gasteiger charge is -2.39. The monoisotopic (exact) mass is 622 g/mol. The first-order valence-electron chi connectivity index (χ1n) is 14.9. The van der Waals surface area contributed by atoms with E-state index in [1.807, 2.05) is 0 Å². The zero-order valence-electron chi connectivity index (χ0n) is 23.9. The van der Waals surface area contributed by atoms with Crippen LogP contribution in [-0.4, -0.2) is 18.5 Å². The molecule has 2 aromatic rings. The van der Waals surface area contributed by atoms with Crippen molar-refractivity contribution in [1.82, 2.24) is 0 Å². The first-order chi connectivity index (χ1) is 17.2. The minimum Gasteiger partial charge on any atom is -0.107 e. The molecule has 0 saturated heterocycles. The van der Waals surface area contributed by atoms with Crippen molar-refractivity contribution in [3.8, 4) is 0 Å². The molecule has 0 bridgehead atoms. The van der Waals surface area contributed by atoms with Crippen molar-refractivity contribution in [2.75, 3.05) is 13.3 Å². The van der Waals surface area contributed by atoms with Gasteiger partial charge in [0, 0.05) is 0 Å². The topological polar surface area (TPSA) is 0 Å². The predicted octanol–water partition coefficient (Wildman–Crippen LogP) is 11.8. The van der Waals surface area contributed by atoms with E-state index in [-0.39, 0.29) is 31.9 Å². The van der Waals surface area contributed by atoms with Gasteiger partial charge in [0.1, 0.15) is 0 Å². The van der Waals surface area contributed by atoms with Gasteiger partial charge >= 0.3 is 0 Å². The number of hydrogen-bond donors (Lipinski definition) is 0. The highest BCUT2D eigenvalue weighted by atomic mass is 127. The third-order valence-electron chi connectivity index (χ3n) is 7.95. The van der Waals surface area contributed by atoms with Crippen LogP contribution in [0, 0.1) is 0 Å². The Morgan fingerprint density at radius 3 is 1.17 bits per heavy atom. The van der Waals surface area contributed by atoms with E-state index in [9.17, 15) is 0 Å². The molecule has 0 N–H and O–H groups in total. The third kappa shape index (κ3) is 14.5. The highest BCUT2D eigenvalue weighted by Gasteiger charge is 2.33. The molecule has 0 aliphatic rings. The molecule has 0 fully saturated rings. The fourth-order valence-electron chi connectivity index (χ4n) is 5.56. The summed E-state index contributed by atoms with van der Waals surface area (Å²) < 4.78 is 0. The highest BCUT2D eigenvalue weighted by molar-refractivity contribution is 14.0. The van der Waals surface area contributed by atoms with E-state index in [4.69, 9.17) is 0 Å². The summed E-state index contributed by atoms with van der Waals surface area (Å²) in [5.74, 6) is 0. The van der Waals surface area contributed by atoms with Gasteiger partial charge in [0.05, 0.1) is 0 Å². The molecular formula is C34H56IP. The molecule has 0 atom stereocenters. The van der Waals surface area contributed by atoms with Gasteiger partial charge in [0.2, 0.25) is 0 Å². The summed E-state index contributed by atoms with van der Waals surface area (Å²) in [6.45, 7) is 7.34. The summed E-state index contributed by atoms with van der Waals surface area (Å²) in [6.07, 6.45) is 25.4. The first kappa shape index (κ1) is 33.6. The largest absolute Gasteiger partial charge is 0.107 e. The lowest BCUT2D eigenvalue weighted by molar-refractivity contribution is 0.475. The van der Waals surface area contributed by atoms with Crippen molar-refractivity contribution in [3.05, 3.63) is 71.8 Å². The average molecular weight is 623 g/mol. The first-order valence-corrected chi connectivity index (χ1v) is 17.2. The zero-order chi connectivity index (χ0) is 25.0. The Kier molecular flexibility index (Phi) is 20.1. The molecule has 36 heavy (non-hydrogen) atoms. The van der Waals surface area contributed by atoms with Crippen LogP contribution in [-0.2, 0) is 12.8 Å². The van der Waals surface area contributed by atoms with Gasteiger partial charge in [-0.25, -0.2) is 0 Å². The van der Waals surface area contributed by atoms with E-state index in [2.05, 4.69) is 80.9 Å². The number of unbranched alkanes of at least 4 members (excludes halogenated alkanes) is 14. The summed E-state index contributed by atoms with van der Waals surface area (Å²) in [4.78, 5) is 0. The van der Waals surface area contributed by atoms with Crippen molar-refractivity contribution in [1.29, 1.82) is 0 Å². The summed E-state index contributed by atoms with van der Waals surface area (Å²) in [5.41, 5.74) is 3.03. The van der Waals surface area contributed by atoms with Crippen LogP contribution in [0.2, 0.25) is 0 Å². The number of benzene rings is 2. The highest BCUT2D eigenvalue weighted by Crippen LogP contribution is 2.50. The Bertz CT molecular complexity index is 686. The lowest BCUT2D eigenvalue weighted by atomic mass is 9.87. The van der Waals surface area contributed by atoms with Crippen LogP contribution in [0.1, 0.15) is 121 Å². The number of rotatable bonds is 21. The van der Waals surface area contributed by atoms with Crippen LogP contribution in [0.25, 0.3) is 0 Å². The Morgan fingerprint density at radius 1 is 0.500 bits per heavy atom. The maximum Gasteiger partial charge on any atom is -0.00187 e. The van der Waals surface area contributed by atoms with Crippen molar-refractivity contribution < 1.29 is 0 Å². The minimum absolute atomic E-state index is 0. The van der Waals surface area contributed by atoms with E-state index >= 15 is 0 Å². The summed E-state index contributed by atoms with van der Waals surface area (Å²) >= 11 is 0. The summed E-state index contributed by atoms with van der Waals surface area (Å²) in [6, 6.07) is 22.5. The standard InChI is InChI=1S/C34H55P.HI/c1-4-5-6-7-8-9-10-11-12-13-14-15-16-17-24-29-34(35(2)3,30-32-25-20-18-21-26-32)31-33-27-22-19-23-28-33;/h18-23,25-28H,4-17,24,29-31H2,1-3H3;1H. The second-order valence-electron chi connectivity index (χ2n) is 11.1. The smallest absolute Gasteiger partial charge is 0.00187 e. The van der Waals surface area contributed by atoms with E-state index < -0.39 is 0 Å². The van der Waals surface area contributed by atoms with Crippen LogP contribution in [0.3, 0.4) is 0 Å². The second-order valence-corrected chi connectivity index (χ2v) is 13.9. The fourth-order valence-corrected chi connectivity index (χ4v) is 7.16. The SMILES string of the molecule is CCCCCCCCCCCCCCCCCC(Cc1ccccc1)(Cc1ccccc1)P(C)C.I. The molecule has 0 aliphatic heterocycles. The van der Waals surface area contributed by atoms with Gasteiger partial charge in [-0.15, -0.1) is 31.9 Å². The van der Waals surface area contributed by atoms with Crippen LogP contribution in [0.4, 0.5) is 0 Å². The molecule has 0 aliphatic carbocycles. The lowest BCUT2D eigenvalue weighted by Crippen LogP contribution is -2.32. The molecule has 204 valence electrons. The van der Waals surface area contributed by atoms with Gasteiger partial charge in [0.25, 0.3) is 0 Å². The van der Waals surface area contributed by atoms with E-state index in [1.165, 1.54) is 127 Å². The van der Waals surface area contributed by atoms with Crippen LogP contribution in [0.5, 0.6) is 0 Å². The number of hydrogen-bond acceptors (Lipinski definition) is 0. The van der Waals surface area contributed by atoms with Gasteiger partial charge < -0.3 is 0 Å². The Balaban J connectivity index is 0.00000648. The molecule has 0 saturated carbocycles. The van der Waals surface area contributed by atoms with Crippen LogP contribution in [0.15, 0.2) is 60.7 Å².